The highest BCUT2D eigenvalue weighted by molar-refractivity contribution is 5.86. The summed E-state index contributed by atoms with van der Waals surface area (Å²) in [5, 5.41) is 10.7. The summed E-state index contributed by atoms with van der Waals surface area (Å²) in [6.07, 6.45) is 9.09. The molecule has 3 N–H and O–H groups in total. The number of hydrogen-bond acceptors (Lipinski definition) is 5. The molecule has 0 spiro atoms. The lowest BCUT2D eigenvalue weighted by molar-refractivity contribution is 0.0521. The van der Waals surface area contributed by atoms with Gasteiger partial charge in [0.1, 0.15) is 11.6 Å². The molecule has 30 heavy (non-hydrogen) atoms. The number of halogens is 2. The molecule has 0 amide bonds. The summed E-state index contributed by atoms with van der Waals surface area (Å²) in [5.74, 6) is 1.02. The number of nitrogens with two attached hydrogens (primary N) is 1. The van der Waals surface area contributed by atoms with Crippen LogP contribution in [0.1, 0.15) is 51.3 Å². The monoisotopic (exact) mass is 431 g/mol. The number of aromatic nitrogens is 4. The van der Waals surface area contributed by atoms with Gasteiger partial charge < -0.3 is 15.4 Å². The van der Waals surface area contributed by atoms with Gasteiger partial charge in [-0.25, -0.2) is 19.3 Å². The number of imidazole rings is 1. The van der Waals surface area contributed by atoms with Crippen LogP contribution in [0, 0.1) is 5.82 Å². The molecule has 6 nitrogen and oxygen atoms in total. The molecule has 1 aromatic carbocycles. The largest absolute Gasteiger partial charge is 0.386 e. The third kappa shape index (κ3) is 4.47. The van der Waals surface area contributed by atoms with Crippen LogP contribution >= 0.6 is 12.4 Å². The predicted molar refractivity (Wildman–Crippen MR) is 120 cm³/mol. The van der Waals surface area contributed by atoms with Crippen molar-refractivity contribution in [3.8, 4) is 11.4 Å². The van der Waals surface area contributed by atoms with Gasteiger partial charge in [-0.15, -0.1) is 12.4 Å². The van der Waals surface area contributed by atoms with Crippen LogP contribution in [-0.4, -0.2) is 30.2 Å². The predicted octanol–water partition coefficient (Wildman–Crippen LogP) is 4.75. The van der Waals surface area contributed by atoms with Crippen molar-refractivity contribution < 1.29 is 9.50 Å². The van der Waals surface area contributed by atoms with Gasteiger partial charge in [-0.1, -0.05) is 38.3 Å². The molecule has 0 saturated heterocycles. The Morgan fingerprint density at radius 3 is 2.67 bits per heavy atom. The summed E-state index contributed by atoms with van der Waals surface area (Å²) in [4.78, 5) is 13.6. The lowest BCUT2D eigenvalue weighted by atomic mass is 9.84. The second kappa shape index (κ2) is 9.10. The SMILES string of the molecule is CCCn1c(-c2cccc(F)c2)nc2c(N)nc(/C=C/C3(O)CCCCC3)nc21.Cl. The van der Waals surface area contributed by atoms with Crippen LogP contribution in [0.25, 0.3) is 28.6 Å². The van der Waals surface area contributed by atoms with E-state index in [0.29, 0.717) is 34.9 Å². The van der Waals surface area contributed by atoms with Crippen LogP contribution in [0.15, 0.2) is 30.3 Å². The molecule has 0 aliphatic heterocycles. The number of nitrogens with zero attached hydrogens (tertiary/aromatic N) is 4. The molecule has 8 heteroatoms. The van der Waals surface area contributed by atoms with Crippen molar-refractivity contribution in [3.63, 3.8) is 0 Å². The Morgan fingerprint density at radius 1 is 1.20 bits per heavy atom. The molecule has 1 fully saturated rings. The molecule has 2 aromatic heterocycles. The molecule has 2 heterocycles. The molecule has 0 atom stereocenters. The molecule has 0 radical (unpaired) electrons. The molecule has 160 valence electrons. The average Bonchev–Trinajstić information content (AvgIpc) is 3.07. The van der Waals surface area contributed by atoms with Crippen molar-refractivity contribution in [1.82, 2.24) is 19.5 Å². The third-order valence-corrected chi connectivity index (χ3v) is 5.43. The van der Waals surface area contributed by atoms with Crippen LogP contribution in [0.5, 0.6) is 0 Å². The summed E-state index contributed by atoms with van der Waals surface area (Å²) in [7, 11) is 0. The van der Waals surface area contributed by atoms with Crippen molar-refractivity contribution in [1.29, 1.82) is 0 Å². The van der Waals surface area contributed by atoms with Crippen LogP contribution in [0.2, 0.25) is 0 Å². The van der Waals surface area contributed by atoms with Gasteiger partial charge in [-0.05, 0) is 43.5 Å². The lowest BCUT2D eigenvalue weighted by Gasteiger charge is -2.28. The standard InChI is InChI=1S/C22H26FN5O.ClH/c1-2-13-28-20(15-7-6-8-16(23)14-15)27-18-19(24)25-17(26-21(18)28)9-12-22(29)10-4-3-5-11-22;/h6-9,12,14,29H,2-5,10-11,13H2,1H3,(H2,24,25,26);1H/b12-9+;. The zero-order valence-electron chi connectivity index (χ0n) is 17.0. The van der Waals surface area contributed by atoms with Crippen LogP contribution < -0.4 is 5.73 Å². The van der Waals surface area contributed by atoms with E-state index in [1.165, 1.54) is 12.1 Å². The number of aryl methyl sites for hydroxylation is 1. The Balaban J connectivity index is 0.00000256. The van der Waals surface area contributed by atoms with Crippen molar-refractivity contribution in [3.05, 3.63) is 42.0 Å². The van der Waals surface area contributed by atoms with Gasteiger partial charge in [0.15, 0.2) is 22.8 Å². The smallest absolute Gasteiger partial charge is 0.166 e. The number of rotatable bonds is 5. The Morgan fingerprint density at radius 2 is 1.97 bits per heavy atom. The molecule has 1 aliphatic rings. The second-order valence-electron chi connectivity index (χ2n) is 7.73. The van der Waals surface area contributed by atoms with E-state index in [9.17, 15) is 9.50 Å². The van der Waals surface area contributed by atoms with Gasteiger partial charge in [0.05, 0.1) is 5.60 Å². The minimum Gasteiger partial charge on any atom is -0.386 e. The molecule has 1 saturated carbocycles. The van der Waals surface area contributed by atoms with E-state index in [1.807, 2.05) is 10.6 Å². The van der Waals surface area contributed by atoms with Gasteiger partial charge in [0.2, 0.25) is 0 Å². The Kier molecular flexibility index (Phi) is 6.73. The lowest BCUT2D eigenvalue weighted by Crippen LogP contribution is -2.28. The van der Waals surface area contributed by atoms with Crippen molar-refractivity contribution >= 4 is 35.5 Å². The fourth-order valence-corrected chi connectivity index (χ4v) is 3.96. The second-order valence-corrected chi connectivity index (χ2v) is 7.73. The molecule has 0 bridgehead atoms. The zero-order valence-corrected chi connectivity index (χ0v) is 17.8. The normalized spacial score (nSPS) is 16.1. The van der Waals surface area contributed by atoms with Gasteiger partial charge in [0.25, 0.3) is 0 Å². The van der Waals surface area contributed by atoms with Crippen LogP contribution in [-0.2, 0) is 6.54 Å². The highest BCUT2D eigenvalue weighted by Crippen LogP contribution is 2.30. The summed E-state index contributed by atoms with van der Waals surface area (Å²) in [5.41, 5.74) is 7.18. The fourth-order valence-electron chi connectivity index (χ4n) is 3.96. The minimum absolute atomic E-state index is 0. The first-order chi connectivity index (χ1) is 14.0. The topological polar surface area (TPSA) is 89.9 Å². The Labute approximate surface area is 181 Å². The van der Waals surface area contributed by atoms with E-state index in [1.54, 1.807) is 18.2 Å². The zero-order chi connectivity index (χ0) is 20.4. The molecule has 0 unspecified atom stereocenters. The number of aliphatic hydroxyl groups is 1. The summed E-state index contributed by atoms with van der Waals surface area (Å²) in [6, 6.07) is 6.34. The first-order valence-electron chi connectivity index (χ1n) is 10.2. The van der Waals surface area contributed by atoms with E-state index >= 15 is 0 Å². The van der Waals surface area contributed by atoms with Gasteiger partial charge in [0, 0.05) is 12.1 Å². The van der Waals surface area contributed by atoms with E-state index in [4.69, 9.17) is 5.73 Å². The summed E-state index contributed by atoms with van der Waals surface area (Å²) >= 11 is 0. The minimum atomic E-state index is -0.804. The molecular weight excluding hydrogens is 405 g/mol. The molecule has 4 rings (SSSR count). The third-order valence-electron chi connectivity index (χ3n) is 5.43. The van der Waals surface area contributed by atoms with E-state index in [2.05, 4.69) is 21.9 Å². The Hall–Kier alpha value is -2.51. The molecule has 3 aromatic rings. The van der Waals surface area contributed by atoms with E-state index in [0.717, 1.165) is 38.5 Å². The van der Waals surface area contributed by atoms with Crippen LogP contribution in [0.3, 0.4) is 0 Å². The summed E-state index contributed by atoms with van der Waals surface area (Å²) < 4.78 is 15.7. The number of hydrogen-bond donors (Lipinski definition) is 2. The fraction of sp³-hybridized carbons (Fsp3) is 0.409. The average molecular weight is 432 g/mol. The van der Waals surface area contributed by atoms with Crippen molar-refractivity contribution in [2.24, 2.45) is 0 Å². The van der Waals surface area contributed by atoms with Crippen molar-refractivity contribution in [2.45, 2.75) is 57.6 Å². The Bertz CT molecular complexity index is 1060. The number of anilines is 1. The maximum atomic E-state index is 13.8. The highest BCUT2D eigenvalue weighted by atomic mass is 35.5. The number of nitrogen functional groups attached to an aromatic ring is 1. The van der Waals surface area contributed by atoms with Crippen LogP contribution in [0.4, 0.5) is 10.2 Å². The van der Waals surface area contributed by atoms with E-state index < -0.39 is 5.60 Å². The molecule has 1 aliphatic carbocycles. The van der Waals surface area contributed by atoms with Crippen molar-refractivity contribution in [2.75, 3.05) is 5.73 Å². The first-order valence-corrected chi connectivity index (χ1v) is 10.2. The van der Waals surface area contributed by atoms with Gasteiger partial charge >= 0.3 is 0 Å². The molecular formula is C22H27ClFN5O. The maximum absolute atomic E-state index is 13.8. The van der Waals surface area contributed by atoms with E-state index in [-0.39, 0.29) is 24.0 Å². The maximum Gasteiger partial charge on any atom is 0.166 e. The highest BCUT2D eigenvalue weighted by Gasteiger charge is 2.26. The number of benzene rings is 1. The summed E-state index contributed by atoms with van der Waals surface area (Å²) in [6.45, 7) is 2.73. The van der Waals surface area contributed by atoms with Gasteiger partial charge in [-0.3, -0.25) is 0 Å². The van der Waals surface area contributed by atoms with Gasteiger partial charge in [-0.2, -0.15) is 0 Å². The first kappa shape index (κ1) is 22.2. The quantitative estimate of drug-likeness (QED) is 0.608. The number of fused-ring (bicyclic) bond motifs is 1.